The van der Waals surface area contributed by atoms with Gasteiger partial charge in [0.05, 0.1) is 21.3 Å². The van der Waals surface area contributed by atoms with E-state index >= 15 is 0 Å². The van der Waals surface area contributed by atoms with Crippen LogP contribution in [0.4, 0.5) is 0 Å². The zero-order valence-electron chi connectivity index (χ0n) is 16.6. The number of nitrogens with zero attached hydrogens (tertiary/aromatic N) is 3. The fraction of sp³-hybridized carbons (Fsp3) is 0.474. The Kier molecular flexibility index (Phi) is 6.57. The van der Waals surface area contributed by atoms with Crippen LogP contribution in [0, 0.1) is 13.8 Å². The van der Waals surface area contributed by atoms with Gasteiger partial charge in [0.15, 0.2) is 0 Å². The van der Waals surface area contributed by atoms with Crippen LogP contribution in [-0.2, 0) is 23.6 Å². The number of sulfonamides is 1. The van der Waals surface area contributed by atoms with Crippen molar-refractivity contribution in [2.45, 2.75) is 44.6 Å². The molecule has 0 saturated carbocycles. The second-order valence-electron chi connectivity index (χ2n) is 7.18. The van der Waals surface area contributed by atoms with Crippen LogP contribution in [0.25, 0.3) is 0 Å². The summed E-state index contributed by atoms with van der Waals surface area (Å²) < 4.78 is 29.2. The van der Waals surface area contributed by atoms with Crippen LogP contribution in [0.5, 0.6) is 0 Å². The lowest BCUT2D eigenvalue weighted by atomic mass is 10.1. The summed E-state index contributed by atoms with van der Waals surface area (Å²) in [7, 11) is -1.96. The molecule has 2 aromatic rings. The SMILES string of the molecule is Cc1nn(C)c(C)c1CNC(=O)c1cc(S(=O)(=O)N2CCCCC2)c(Cl)cc1Cl. The van der Waals surface area contributed by atoms with Crippen molar-refractivity contribution in [2.75, 3.05) is 13.1 Å². The lowest BCUT2D eigenvalue weighted by molar-refractivity contribution is 0.0951. The van der Waals surface area contributed by atoms with E-state index in [1.54, 1.807) is 4.68 Å². The van der Waals surface area contributed by atoms with E-state index in [2.05, 4.69) is 10.4 Å². The standard InChI is InChI=1S/C19H24Cl2N4O3S/c1-12-15(13(2)24(3)23-12)11-22-19(26)14-9-18(17(21)10-16(14)20)29(27,28)25-7-5-4-6-8-25/h9-10H,4-8,11H2,1-3H3,(H,22,26). The first-order valence-electron chi connectivity index (χ1n) is 9.39. The maximum atomic E-state index is 13.0. The van der Waals surface area contributed by atoms with Crippen molar-refractivity contribution >= 4 is 39.1 Å². The highest BCUT2D eigenvalue weighted by Gasteiger charge is 2.29. The first-order valence-corrected chi connectivity index (χ1v) is 11.6. The monoisotopic (exact) mass is 458 g/mol. The molecule has 10 heteroatoms. The van der Waals surface area contributed by atoms with Gasteiger partial charge >= 0.3 is 0 Å². The third-order valence-electron chi connectivity index (χ3n) is 5.28. The molecule has 1 saturated heterocycles. The maximum absolute atomic E-state index is 13.0. The molecule has 0 aliphatic carbocycles. The van der Waals surface area contributed by atoms with Crippen molar-refractivity contribution in [1.29, 1.82) is 0 Å². The van der Waals surface area contributed by atoms with Crippen LogP contribution in [0.2, 0.25) is 10.0 Å². The number of hydrogen-bond donors (Lipinski definition) is 1. The van der Waals surface area contributed by atoms with E-state index in [4.69, 9.17) is 23.2 Å². The minimum Gasteiger partial charge on any atom is -0.348 e. The first kappa shape index (κ1) is 22.1. The molecular weight excluding hydrogens is 435 g/mol. The highest BCUT2D eigenvalue weighted by atomic mass is 35.5. The number of carbonyl (C=O) groups excluding carboxylic acids is 1. The summed E-state index contributed by atoms with van der Waals surface area (Å²) in [5, 5.41) is 7.24. The van der Waals surface area contributed by atoms with Gasteiger partial charge < -0.3 is 5.32 Å². The van der Waals surface area contributed by atoms with Gasteiger partial charge in [0.25, 0.3) is 5.91 Å². The van der Waals surface area contributed by atoms with E-state index in [1.807, 2.05) is 20.9 Å². The third kappa shape index (κ3) is 4.45. The predicted octanol–water partition coefficient (Wildman–Crippen LogP) is 3.45. The predicted molar refractivity (Wildman–Crippen MR) is 113 cm³/mol. The molecule has 0 unspecified atom stereocenters. The number of amides is 1. The van der Waals surface area contributed by atoms with E-state index in [0.717, 1.165) is 36.2 Å². The molecule has 0 radical (unpaired) electrons. The van der Waals surface area contributed by atoms with Crippen molar-refractivity contribution in [3.05, 3.63) is 44.7 Å². The minimum absolute atomic E-state index is 0.0103. The summed E-state index contributed by atoms with van der Waals surface area (Å²) in [5.41, 5.74) is 2.75. The Balaban J connectivity index is 1.87. The van der Waals surface area contributed by atoms with E-state index in [0.29, 0.717) is 13.1 Å². The lowest BCUT2D eigenvalue weighted by Crippen LogP contribution is -2.36. The van der Waals surface area contributed by atoms with E-state index in [-0.39, 0.29) is 27.0 Å². The Hall–Kier alpha value is -1.61. The molecule has 1 amide bonds. The highest BCUT2D eigenvalue weighted by molar-refractivity contribution is 7.89. The topological polar surface area (TPSA) is 84.3 Å². The third-order valence-corrected chi connectivity index (χ3v) is 7.96. The fourth-order valence-electron chi connectivity index (χ4n) is 3.48. The summed E-state index contributed by atoms with van der Waals surface area (Å²) in [6.45, 7) is 4.94. The number of nitrogens with one attached hydrogen (secondary N) is 1. The number of carbonyl (C=O) groups is 1. The molecule has 1 N–H and O–H groups in total. The normalized spacial score (nSPS) is 15.5. The Bertz CT molecular complexity index is 1040. The summed E-state index contributed by atoms with van der Waals surface area (Å²) in [6, 6.07) is 2.59. The first-order chi connectivity index (χ1) is 13.6. The quantitative estimate of drug-likeness (QED) is 0.743. The van der Waals surface area contributed by atoms with Crippen LogP contribution in [-0.4, -0.2) is 41.5 Å². The summed E-state index contributed by atoms with van der Waals surface area (Å²) in [6.07, 6.45) is 2.62. The molecule has 1 fully saturated rings. The van der Waals surface area contributed by atoms with E-state index in [1.165, 1.54) is 16.4 Å². The molecule has 0 atom stereocenters. The molecule has 1 aliphatic heterocycles. The van der Waals surface area contributed by atoms with Gasteiger partial charge in [-0.1, -0.05) is 29.6 Å². The number of aromatic nitrogens is 2. The van der Waals surface area contributed by atoms with Crippen molar-refractivity contribution in [1.82, 2.24) is 19.4 Å². The summed E-state index contributed by atoms with van der Waals surface area (Å²) in [5.74, 6) is -0.468. The van der Waals surface area contributed by atoms with Gasteiger partial charge in [-0.2, -0.15) is 9.40 Å². The smallest absolute Gasteiger partial charge is 0.253 e. The summed E-state index contributed by atoms with van der Waals surface area (Å²) in [4.78, 5) is 12.7. The van der Waals surface area contributed by atoms with Crippen molar-refractivity contribution in [3.8, 4) is 0 Å². The molecule has 0 spiro atoms. The molecule has 1 aliphatic rings. The van der Waals surface area contributed by atoms with Gasteiger partial charge in [-0.15, -0.1) is 0 Å². The van der Waals surface area contributed by atoms with Crippen LogP contribution in [0.1, 0.15) is 46.6 Å². The molecular formula is C19H24Cl2N4O3S. The van der Waals surface area contributed by atoms with Crippen LogP contribution in [0.3, 0.4) is 0 Å². The Morgan fingerprint density at radius 3 is 2.38 bits per heavy atom. The second kappa shape index (κ2) is 8.63. The highest BCUT2D eigenvalue weighted by Crippen LogP contribution is 2.32. The van der Waals surface area contributed by atoms with Crippen LogP contribution >= 0.6 is 23.2 Å². The van der Waals surface area contributed by atoms with Gasteiger partial charge in [0.2, 0.25) is 10.0 Å². The van der Waals surface area contributed by atoms with Gasteiger partial charge in [-0.3, -0.25) is 9.48 Å². The lowest BCUT2D eigenvalue weighted by Gasteiger charge is -2.26. The van der Waals surface area contributed by atoms with E-state index < -0.39 is 15.9 Å². The molecule has 1 aromatic heterocycles. The van der Waals surface area contributed by atoms with Crippen LogP contribution < -0.4 is 5.32 Å². The maximum Gasteiger partial charge on any atom is 0.253 e. The minimum atomic E-state index is -3.79. The molecule has 158 valence electrons. The Morgan fingerprint density at radius 2 is 1.79 bits per heavy atom. The van der Waals surface area contributed by atoms with Gasteiger partial charge in [0.1, 0.15) is 4.90 Å². The van der Waals surface area contributed by atoms with Crippen molar-refractivity contribution in [2.24, 2.45) is 7.05 Å². The molecule has 7 nitrogen and oxygen atoms in total. The van der Waals surface area contributed by atoms with Crippen LogP contribution in [0.15, 0.2) is 17.0 Å². The van der Waals surface area contributed by atoms with Crippen molar-refractivity contribution in [3.63, 3.8) is 0 Å². The number of hydrogen-bond acceptors (Lipinski definition) is 4. The number of rotatable bonds is 5. The number of benzene rings is 1. The number of halogens is 2. The molecule has 1 aromatic carbocycles. The summed E-state index contributed by atoms with van der Waals surface area (Å²) >= 11 is 12.4. The van der Waals surface area contributed by atoms with Crippen molar-refractivity contribution < 1.29 is 13.2 Å². The number of piperidine rings is 1. The fourth-order valence-corrected chi connectivity index (χ4v) is 5.83. The van der Waals surface area contributed by atoms with Gasteiger partial charge in [-0.25, -0.2) is 8.42 Å². The Morgan fingerprint density at radius 1 is 1.14 bits per heavy atom. The largest absolute Gasteiger partial charge is 0.348 e. The number of aryl methyl sites for hydroxylation is 2. The van der Waals surface area contributed by atoms with E-state index in [9.17, 15) is 13.2 Å². The Labute approximate surface area is 181 Å². The molecule has 0 bridgehead atoms. The van der Waals surface area contributed by atoms with Gasteiger partial charge in [0, 0.05) is 37.9 Å². The molecule has 2 heterocycles. The average molecular weight is 459 g/mol. The zero-order valence-corrected chi connectivity index (χ0v) is 19.0. The average Bonchev–Trinajstić information content (AvgIpc) is 2.92. The zero-order chi connectivity index (χ0) is 21.3. The van der Waals surface area contributed by atoms with Gasteiger partial charge in [-0.05, 0) is 38.8 Å². The second-order valence-corrected chi connectivity index (χ2v) is 9.90. The molecule has 29 heavy (non-hydrogen) atoms. The molecule has 3 rings (SSSR count).